The second-order valence-corrected chi connectivity index (χ2v) is 4.91. The van der Waals surface area contributed by atoms with Gasteiger partial charge in [-0.3, -0.25) is 4.79 Å². The summed E-state index contributed by atoms with van der Waals surface area (Å²) in [4.78, 5) is 10.2. The lowest BCUT2D eigenvalue weighted by molar-refractivity contribution is -0.141. The largest absolute Gasteiger partial charge is 0.497 e. The Hall–Kier alpha value is -0.790. The quantitative estimate of drug-likeness (QED) is 0.543. The average Bonchev–Trinajstić information content (AvgIpc) is 2.00. The van der Waals surface area contributed by atoms with Gasteiger partial charge in [-0.2, -0.15) is 13.2 Å². The van der Waals surface area contributed by atoms with E-state index in [0.717, 1.165) is 6.92 Å². The number of halogens is 3. The molecule has 0 radical (unpaired) electrons. The molecular formula is C7H11F3O4S. The third-order valence-corrected chi connectivity index (χ3v) is 3.00. The number of unbranched alkanes of at least 4 members (excludes halogenated alkanes) is 1. The minimum Gasteiger partial charge on any atom is -0.466 e. The van der Waals surface area contributed by atoms with Gasteiger partial charge in [0, 0.05) is 6.92 Å². The Labute approximate surface area is 85.3 Å². The first-order chi connectivity index (χ1) is 6.67. The number of carbonyl (C=O) groups excluding carboxylic acids is 1. The molecule has 8 heteroatoms. The van der Waals surface area contributed by atoms with Gasteiger partial charge in [0.15, 0.2) is 0 Å². The van der Waals surface area contributed by atoms with Crippen molar-refractivity contribution in [1.29, 1.82) is 0 Å². The average molecular weight is 248 g/mol. The zero-order valence-corrected chi connectivity index (χ0v) is 8.82. The van der Waals surface area contributed by atoms with E-state index in [0.29, 0.717) is 0 Å². The summed E-state index contributed by atoms with van der Waals surface area (Å²) in [5.41, 5.74) is -5.20. The maximum Gasteiger partial charge on any atom is 0.497 e. The van der Waals surface area contributed by atoms with Crippen LogP contribution in [0.1, 0.15) is 19.8 Å². The van der Waals surface area contributed by atoms with Gasteiger partial charge in [-0.15, -0.1) is 0 Å². The molecule has 0 spiro atoms. The van der Waals surface area contributed by atoms with Crippen molar-refractivity contribution in [3.05, 3.63) is 0 Å². The molecule has 0 heterocycles. The molecule has 0 fully saturated rings. The van der Waals surface area contributed by atoms with Crippen molar-refractivity contribution in [3.8, 4) is 0 Å². The van der Waals surface area contributed by atoms with Crippen LogP contribution in [0, 0.1) is 0 Å². The van der Waals surface area contributed by atoms with E-state index in [1.165, 1.54) is 0 Å². The lowest BCUT2D eigenvalue weighted by Crippen LogP contribution is -2.26. The van der Waals surface area contributed by atoms with Gasteiger partial charge in [-0.05, 0) is 12.8 Å². The van der Waals surface area contributed by atoms with Crippen LogP contribution in [-0.4, -0.2) is 32.3 Å². The van der Waals surface area contributed by atoms with E-state index in [-0.39, 0.29) is 19.4 Å². The Morgan fingerprint density at radius 3 is 2.20 bits per heavy atom. The highest BCUT2D eigenvalue weighted by atomic mass is 32.2. The number of alkyl halides is 3. The molecule has 4 nitrogen and oxygen atoms in total. The first kappa shape index (κ1) is 14.2. The molecule has 0 bridgehead atoms. The fourth-order valence-electron chi connectivity index (χ4n) is 0.726. The summed E-state index contributed by atoms with van der Waals surface area (Å²) < 4.78 is 60.9. The van der Waals surface area contributed by atoms with Crippen LogP contribution in [-0.2, 0) is 19.4 Å². The van der Waals surface area contributed by atoms with Gasteiger partial charge in [-0.1, -0.05) is 0 Å². The Balaban J connectivity index is 3.83. The van der Waals surface area contributed by atoms with Crippen LogP contribution < -0.4 is 0 Å². The molecule has 0 N–H and O–H groups in total. The van der Waals surface area contributed by atoms with E-state index < -0.39 is 27.1 Å². The van der Waals surface area contributed by atoms with Crippen LogP contribution in [0.25, 0.3) is 0 Å². The Kier molecular flexibility index (Phi) is 5.06. The van der Waals surface area contributed by atoms with Crippen molar-refractivity contribution in [2.45, 2.75) is 25.3 Å². The minimum absolute atomic E-state index is 0.0668. The fraction of sp³-hybridized carbons (Fsp3) is 0.857. The van der Waals surface area contributed by atoms with Gasteiger partial charge >= 0.3 is 11.5 Å². The second-order valence-electron chi connectivity index (χ2n) is 2.81. The number of hydrogen-bond donors (Lipinski definition) is 0. The van der Waals surface area contributed by atoms with E-state index in [1.807, 2.05) is 0 Å². The predicted molar refractivity (Wildman–Crippen MR) is 45.7 cm³/mol. The Morgan fingerprint density at radius 1 is 1.27 bits per heavy atom. The smallest absolute Gasteiger partial charge is 0.466 e. The van der Waals surface area contributed by atoms with Crippen molar-refractivity contribution in [2.24, 2.45) is 0 Å². The van der Waals surface area contributed by atoms with Crippen LogP contribution in [0.3, 0.4) is 0 Å². The maximum absolute atomic E-state index is 11.8. The third kappa shape index (κ3) is 5.60. The summed E-state index contributed by atoms with van der Waals surface area (Å²) in [5.74, 6) is -1.52. The SMILES string of the molecule is CC(=O)OCCCCS(=O)(=O)C(F)(F)F. The first-order valence-electron chi connectivity index (χ1n) is 4.09. The Morgan fingerprint density at radius 2 is 1.80 bits per heavy atom. The number of sulfone groups is 1. The van der Waals surface area contributed by atoms with Gasteiger partial charge in [-0.25, -0.2) is 8.42 Å². The highest BCUT2D eigenvalue weighted by Crippen LogP contribution is 2.24. The molecule has 0 unspecified atom stereocenters. The highest BCUT2D eigenvalue weighted by Gasteiger charge is 2.44. The fourth-order valence-corrected chi connectivity index (χ4v) is 1.54. The zero-order valence-electron chi connectivity index (χ0n) is 8.00. The van der Waals surface area contributed by atoms with Gasteiger partial charge < -0.3 is 4.74 Å². The van der Waals surface area contributed by atoms with Crippen molar-refractivity contribution >= 4 is 15.8 Å². The van der Waals surface area contributed by atoms with E-state index >= 15 is 0 Å². The standard InChI is InChI=1S/C7H11F3O4S/c1-6(11)14-4-2-3-5-15(12,13)7(8,9)10/h2-5H2,1H3. The lowest BCUT2D eigenvalue weighted by Gasteiger charge is -2.07. The molecule has 90 valence electrons. The van der Waals surface area contributed by atoms with Crippen LogP contribution >= 0.6 is 0 Å². The van der Waals surface area contributed by atoms with Gasteiger partial charge in [0.2, 0.25) is 9.84 Å². The van der Waals surface area contributed by atoms with E-state index in [2.05, 4.69) is 4.74 Å². The monoisotopic (exact) mass is 248 g/mol. The third-order valence-electron chi connectivity index (χ3n) is 1.47. The van der Waals surface area contributed by atoms with Crippen LogP contribution in [0.15, 0.2) is 0 Å². The Bertz CT molecular complexity index is 307. The highest BCUT2D eigenvalue weighted by molar-refractivity contribution is 7.92. The molecule has 0 saturated carbocycles. The van der Waals surface area contributed by atoms with Gasteiger partial charge in [0.05, 0.1) is 12.4 Å². The number of hydrogen-bond acceptors (Lipinski definition) is 4. The molecule has 0 rings (SSSR count). The van der Waals surface area contributed by atoms with E-state index in [9.17, 15) is 26.4 Å². The molecule has 0 aliphatic heterocycles. The molecule has 0 amide bonds. The molecule has 0 aromatic rings. The van der Waals surface area contributed by atoms with Crippen molar-refractivity contribution in [3.63, 3.8) is 0 Å². The maximum atomic E-state index is 11.8. The van der Waals surface area contributed by atoms with Crippen molar-refractivity contribution in [2.75, 3.05) is 12.4 Å². The summed E-state index contributed by atoms with van der Waals surface area (Å²) in [6.07, 6.45) is -0.0932. The lowest BCUT2D eigenvalue weighted by atomic mass is 10.4. The van der Waals surface area contributed by atoms with Crippen LogP contribution in [0.2, 0.25) is 0 Å². The molecule has 0 aliphatic rings. The zero-order chi connectivity index (χ0) is 12.1. The van der Waals surface area contributed by atoms with Gasteiger partial charge in [0.1, 0.15) is 0 Å². The predicted octanol–water partition coefficient (Wildman–Crippen LogP) is 1.26. The molecule has 0 aliphatic carbocycles. The first-order valence-corrected chi connectivity index (χ1v) is 5.74. The number of rotatable bonds is 5. The number of esters is 1. The molecule has 0 aromatic carbocycles. The summed E-state index contributed by atoms with van der Waals surface area (Å²) >= 11 is 0. The van der Waals surface area contributed by atoms with E-state index in [4.69, 9.17) is 0 Å². The van der Waals surface area contributed by atoms with Crippen LogP contribution in [0.4, 0.5) is 13.2 Å². The van der Waals surface area contributed by atoms with Crippen molar-refractivity contribution < 1.29 is 31.1 Å². The normalized spacial score (nSPS) is 12.5. The molecule has 0 saturated heterocycles. The number of carbonyl (C=O) groups is 1. The topological polar surface area (TPSA) is 60.4 Å². The molecule has 0 aromatic heterocycles. The molecular weight excluding hydrogens is 237 g/mol. The summed E-state index contributed by atoms with van der Waals surface area (Å²) in [7, 11) is -5.04. The number of ether oxygens (including phenoxy) is 1. The minimum atomic E-state index is -5.20. The van der Waals surface area contributed by atoms with Gasteiger partial charge in [0.25, 0.3) is 0 Å². The van der Waals surface area contributed by atoms with Crippen LogP contribution in [0.5, 0.6) is 0 Å². The second kappa shape index (κ2) is 5.34. The molecule has 0 atom stereocenters. The molecule has 15 heavy (non-hydrogen) atoms. The summed E-state index contributed by atoms with van der Waals surface area (Å²) in [5, 5.41) is 0. The van der Waals surface area contributed by atoms with Crippen molar-refractivity contribution in [1.82, 2.24) is 0 Å². The van der Waals surface area contributed by atoms with E-state index in [1.54, 1.807) is 0 Å². The summed E-state index contributed by atoms with van der Waals surface area (Å²) in [6, 6.07) is 0. The summed E-state index contributed by atoms with van der Waals surface area (Å²) in [6.45, 7) is 1.09.